The Kier molecular flexibility index (Phi) is 21.3. The first kappa shape index (κ1) is 65.8. The molecule has 18 atom stereocenters. The number of hydrogen-bond donors (Lipinski definition) is 3. The van der Waals surface area contributed by atoms with Gasteiger partial charge in [-0.05, 0) is 124 Å². The molecule has 3 unspecified atom stereocenters. The van der Waals surface area contributed by atoms with Crippen molar-refractivity contribution < 1.29 is 71.3 Å². The third-order valence-corrected chi connectivity index (χ3v) is 18.4. The first-order valence-corrected chi connectivity index (χ1v) is 30.4. The van der Waals surface area contributed by atoms with Gasteiger partial charge in [0, 0.05) is 68.9 Å². The molecule has 472 valence electrons. The van der Waals surface area contributed by atoms with E-state index in [-0.39, 0.29) is 43.7 Å². The molecule has 8 rings (SSSR count). The number of unbranched alkanes of at least 4 members (excludes halogenated alkanes) is 1. The Morgan fingerprint density at radius 3 is 2.00 bits per heavy atom. The van der Waals surface area contributed by atoms with Crippen LogP contribution in [-0.4, -0.2) is 170 Å². The van der Waals surface area contributed by atoms with E-state index < -0.39 is 120 Å². The molecule has 3 aromatic rings. The van der Waals surface area contributed by atoms with Gasteiger partial charge in [0.05, 0.1) is 64.8 Å². The van der Waals surface area contributed by atoms with Crippen molar-refractivity contribution in [3.63, 3.8) is 0 Å². The van der Waals surface area contributed by atoms with Gasteiger partial charge in [0.25, 0.3) is 0 Å². The molecule has 3 aromatic carbocycles. The number of nitrogen functional groups attached to an aromatic ring is 1. The predicted molar refractivity (Wildman–Crippen MR) is 320 cm³/mol. The average molecular weight is 1200 g/mol. The molecule has 21 nitrogen and oxygen atoms in total. The number of carbonyl (C=O) groups is 5. The topological polar surface area (TPSA) is 237 Å². The number of ketones is 1. The summed E-state index contributed by atoms with van der Waals surface area (Å²) in [5.74, 6) is -5.50. The van der Waals surface area contributed by atoms with Crippen molar-refractivity contribution in [2.45, 2.75) is 192 Å². The number of cyclic esters (lactones) is 1. The van der Waals surface area contributed by atoms with E-state index in [2.05, 4.69) is 11.0 Å². The number of Topliss-reactive ketones (excluding diaryl/α,β-unsaturated/α-hetero) is 1. The first-order valence-electron chi connectivity index (χ1n) is 30.4. The largest absolute Gasteiger partial charge is 0.458 e. The predicted octanol–water partition coefficient (Wildman–Crippen LogP) is 8.32. The smallest absolute Gasteiger partial charge is 0.410 e. The highest BCUT2D eigenvalue weighted by Gasteiger charge is 2.61. The van der Waals surface area contributed by atoms with Crippen molar-refractivity contribution in [2.24, 2.45) is 23.7 Å². The highest BCUT2D eigenvalue weighted by Crippen LogP contribution is 2.45. The fraction of sp³-hybridized carbons (Fsp3) is 0.615. The molecule has 5 aliphatic rings. The fourth-order valence-electron chi connectivity index (χ4n) is 13.6. The molecule has 0 aliphatic carbocycles. The van der Waals surface area contributed by atoms with Crippen molar-refractivity contribution in [2.75, 3.05) is 47.1 Å². The fourth-order valence-corrected chi connectivity index (χ4v) is 13.6. The van der Waals surface area contributed by atoms with Crippen LogP contribution in [0.5, 0.6) is 0 Å². The summed E-state index contributed by atoms with van der Waals surface area (Å²) in [5, 5.41) is 1.92. The number of anilines is 1. The van der Waals surface area contributed by atoms with Crippen molar-refractivity contribution >= 4 is 41.2 Å². The summed E-state index contributed by atoms with van der Waals surface area (Å²) in [6, 6.07) is 23.7. The number of fused-ring (bicyclic) bond motifs is 1. The number of likely N-dealkylation sites (N-methyl/N-ethyl adjacent to an activating group) is 1. The van der Waals surface area contributed by atoms with Crippen LogP contribution < -0.4 is 16.7 Å². The maximum Gasteiger partial charge on any atom is 0.410 e. The Labute approximate surface area is 507 Å². The Bertz CT molecular complexity index is 2850. The lowest BCUT2D eigenvalue weighted by Gasteiger charge is -2.50. The summed E-state index contributed by atoms with van der Waals surface area (Å²) in [4.78, 5) is 76.7. The molecule has 0 saturated carbocycles. The number of carbonyl (C=O) groups excluding carboxylic acids is 5. The van der Waals surface area contributed by atoms with Crippen LogP contribution in [0, 0.1) is 23.7 Å². The van der Waals surface area contributed by atoms with Crippen LogP contribution >= 0.6 is 0 Å². The minimum atomic E-state index is -1.49. The van der Waals surface area contributed by atoms with Gasteiger partial charge in [-0.2, -0.15) is 0 Å². The lowest BCUT2D eigenvalue weighted by Crippen LogP contribution is -2.62. The van der Waals surface area contributed by atoms with Gasteiger partial charge in [-0.3, -0.25) is 14.6 Å². The van der Waals surface area contributed by atoms with Gasteiger partial charge in [0.15, 0.2) is 30.4 Å². The first-order chi connectivity index (χ1) is 40.8. The number of benzene rings is 3. The maximum atomic E-state index is 15.5. The third-order valence-electron chi connectivity index (χ3n) is 18.4. The maximum absolute atomic E-state index is 15.5. The van der Waals surface area contributed by atoms with E-state index in [9.17, 15) is 14.4 Å². The van der Waals surface area contributed by atoms with E-state index >= 15 is 9.59 Å². The zero-order chi connectivity index (χ0) is 62.4. The molecule has 86 heavy (non-hydrogen) atoms. The highest BCUT2D eigenvalue weighted by molar-refractivity contribution is 5.90. The normalized spacial score (nSPS) is 35.4. The van der Waals surface area contributed by atoms with Gasteiger partial charge < -0.3 is 68.3 Å². The van der Waals surface area contributed by atoms with E-state index in [0.717, 1.165) is 11.3 Å². The molecule has 1 amide bonds. The lowest BCUT2D eigenvalue weighted by atomic mass is 9.73. The molecule has 0 spiro atoms. The van der Waals surface area contributed by atoms with E-state index in [1.54, 1.807) is 81.3 Å². The number of nitrogens with zero attached hydrogens (tertiary/aromatic N) is 3. The number of hydrogen-bond acceptors (Lipinski definition) is 20. The molecule has 4 saturated heterocycles. The van der Waals surface area contributed by atoms with Crippen LogP contribution in [0.1, 0.15) is 134 Å². The number of hydrazine groups is 2. The number of ether oxygens (including phenoxy) is 10. The van der Waals surface area contributed by atoms with Crippen LogP contribution in [0.15, 0.2) is 91.1 Å². The standard InChI is InChI=1S/C65H92N6O15/c1-15-50-65(10)55(71(62(76)86-65)32-23-22-31-70-37-48(67-68-70)46-29-24-30-47(66)34-46)40(4)52(72)38(2)35-63(8,77-13)56(85-61-54(49(69(11)12)33-39(3)79-61)83-59(74)44-25-18-16-19-26-44)41(5)53(42(6)58(73)81-50)82-51-36-64(9,78-14)57(43(7)80-51)84-60(75)45-27-20-17-21-28-45/h16-21,24-30,34,37-43,49-51,53-57,61,67-68H,15,22-23,31-33,35-36,66H2,1-14H3/t38-,39-,40+,41+,42-,43+,49+,50-,51?,53+,54-,55?,56-,57+,61?,63+,64-,65-/m1/s1. The minimum absolute atomic E-state index is 0.0445. The quantitative estimate of drug-likeness (QED) is 0.0470. The summed E-state index contributed by atoms with van der Waals surface area (Å²) in [6.07, 6.45) is -5.22. The molecule has 5 aliphatic heterocycles. The second kappa shape index (κ2) is 27.9. The zero-order valence-electron chi connectivity index (χ0n) is 52.5. The van der Waals surface area contributed by atoms with E-state index in [0.29, 0.717) is 42.6 Å². The number of nitrogens with one attached hydrogen (secondary N) is 2. The summed E-state index contributed by atoms with van der Waals surface area (Å²) in [5.41, 5.74) is 11.5. The Hall–Kier alpha value is -6.17. The van der Waals surface area contributed by atoms with Crippen molar-refractivity contribution in [3.05, 3.63) is 108 Å². The van der Waals surface area contributed by atoms with Crippen molar-refractivity contribution in [3.8, 4) is 0 Å². The van der Waals surface area contributed by atoms with Crippen LogP contribution in [-0.2, 0) is 57.0 Å². The number of rotatable bonds is 18. The Morgan fingerprint density at radius 2 is 1.38 bits per heavy atom. The minimum Gasteiger partial charge on any atom is -0.458 e. The van der Waals surface area contributed by atoms with Gasteiger partial charge in [-0.1, -0.05) is 76.2 Å². The average Bonchev–Trinajstić information content (AvgIpc) is 2.01. The number of nitrogens with two attached hydrogens (primary N) is 1. The van der Waals surface area contributed by atoms with Gasteiger partial charge in [-0.25, -0.2) is 14.4 Å². The second-order valence-electron chi connectivity index (χ2n) is 24.9. The van der Waals surface area contributed by atoms with E-state index in [1.165, 1.54) is 7.11 Å². The van der Waals surface area contributed by atoms with Gasteiger partial charge in [0.2, 0.25) is 0 Å². The van der Waals surface area contributed by atoms with E-state index in [1.807, 2.05) is 115 Å². The molecular formula is C65H92N6O15. The number of amides is 1. The van der Waals surface area contributed by atoms with Gasteiger partial charge >= 0.3 is 24.0 Å². The van der Waals surface area contributed by atoms with Crippen LogP contribution in [0.2, 0.25) is 0 Å². The van der Waals surface area contributed by atoms with E-state index in [4.69, 9.17) is 53.1 Å². The molecule has 21 heteroatoms. The third kappa shape index (κ3) is 14.4. The molecule has 0 bridgehead atoms. The van der Waals surface area contributed by atoms with Crippen LogP contribution in [0.4, 0.5) is 10.5 Å². The molecule has 0 aromatic heterocycles. The Morgan fingerprint density at radius 1 is 0.756 bits per heavy atom. The summed E-state index contributed by atoms with van der Waals surface area (Å²) >= 11 is 0. The molecule has 5 heterocycles. The van der Waals surface area contributed by atoms with Crippen LogP contribution in [0.25, 0.3) is 5.70 Å². The molecule has 4 fully saturated rings. The number of esters is 3. The summed E-state index contributed by atoms with van der Waals surface area (Å²) in [7, 11) is 6.89. The summed E-state index contributed by atoms with van der Waals surface area (Å²) in [6.45, 7) is 19.0. The SMILES string of the molecule is CC[C@H]1OC(=O)[C@H](C)[C@@H](OC2C[C@@](C)(OC)[C@@H](OC(=O)c3ccccc3)[C@H](C)O2)[C@H](C)[C@@H](OC2O[C@H](C)C[C@H](N(C)C)[C@H]2OC(=O)c2ccccc2)[C@@](C)(OC)C[C@@H](C)C(=O)[C@H](C)C2N(CCCCN3C=C(c4cccc(N)c4)NN3)C(=O)O[C@@]21C. The second-order valence-corrected chi connectivity index (χ2v) is 24.9. The van der Waals surface area contributed by atoms with Crippen molar-refractivity contribution in [1.29, 1.82) is 0 Å². The molecular weight excluding hydrogens is 1100 g/mol. The monoisotopic (exact) mass is 1200 g/mol. The zero-order valence-corrected chi connectivity index (χ0v) is 52.5. The van der Waals surface area contributed by atoms with Gasteiger partial charge in [-0.15, -0.1) is 5.53 Å². The molecule has 0 radical (unpaired) electrons. The highest BCUT2D eigenvalue weighted by atomic mass is 16.7. The summed E-state index contributed by atoms with van der Waals surface area (Å²) < 4.78 is 66.4. The number of methoxy groups -OCH3 is 2. The Balaban J connectivity index is 1.15. The lowest BCUT2D eigenvalue weighted by molar-refractivity contribution is -0.318. The van der Waals surface area contributed by atoms with Gasteiger partial charge in [0.1, 0.15) is 17.5 Å². The van der Waals surface area contributed by atoms with Crippen molar-refractivity contribution in [1.82, 2.24) is 25.8 Å². The molecule has 4 N–H and O–H groups in total. The van der Waals surface area contributed by atoms with Crippen LogP contribution in [0.3, 0.4) is 0 Å².